The maximum atomic E-state index is 12.1. The zero-order chi connectivity index (χ0) is 15.5. The molecule has 0 aliphatic rings. The van der Waals surface area contributed by atoms with Crippen molar-refractivity contribution in [2.45, 2.75) is 11.8 Å². The number of hydrogen-bond donors (Lipinski definition) is 1. The van der Waals surface area contributed by atoms with Crippen molar-refractivity contribution >= 4 is 35.0 Å². The maximum Gasteiger partial charge on any atom is 0.322 e. The molecule has 22 heavy (non-hydrogen) atoms. The molecule has 0 saturated heterocycles. The number of hydrogen-bond acceptors (Lipinski definition) is 6. The first-order chi connectivity index (χ1) is 10.7. The first-order valence-electron chi connectivity index (χ1n) is 6.51. The van der Waals surface area contributed by atoms with Crippen molar-refractivity contribution in [3.05, 3.63) is 46.8 Å². The molecular formula is C15H13N3O2S2. The zero-order valence-corrected chi connectivity index (χ0v) is 13.6. The first-order valence-corrected chi connectivity index (χ1v) is 8.55. The van der Waals surface area contributed by atoms with Crippen molar-refractivity contribution in [3.8, 4) is 10.8 Å². The number of thiophene rings is 1. The van der Waals surface area contributed by atoms with E-state index in [1.165, 1.54) is 0 Å². The van der Waals surface area contributed by atoms with Gasteiger partial charge in [-0.2, -0.15) is 0 Å². The van der Waals surface area contributed by atoms with Gasteiger partial charge >= 0.3 is 6.01 Å². The van der Waals surface area contributed by atoms with Crippen LogP contribution >= 0.6 is 23.1 Å². The van der Waals surface area contributed by atoms with E-state index >= 15 is 0 Å². The molecule has 112 valence electrons. The summed E-state index contributed by atoms with van der Waals surface area (Å²) in [6.07, 6.45) is 1.99. The van der Waals surface area contributed by atoms with Gasteiger partial charge in [0.05, 0.1) is 4.88 Å². The number of carbonyl (C=O) groups excluding carboxylic acids is 1. The highest BCUT2D eigenvalue weighted by Gasteiger charge is 2.13. The minimum Gasteiger partial charge on any atom is -0.402 e. The van der Waals surface area contributed by atoms with E-state index in [0.717, 1.165) is 14.6 Å². The van der Waals surface area contributed by atoms with Crippen molar-refractivity contribution in [2.75, 3.05) is 11.6 Å². The molecule has 0 aliphatic heterocycles. The number of benzene rings is 1. The molecule has 0 radical (unpaired) electrons. The lowest BCUT2D eigenvalue weighted by Gasteiger charge is -2.01. The Morgan fingerprint density at radius 2 is 1.95 bits per heavy atom. The van der Waals surface area contributed by atoms with Crippen LogP contribution in [0.15, 0.2) is 45.7 Å². The van der Waals surface area contributed by atoms with E-state index in [-0.39, 0.29) is 11.9 Å². The van der Waals surface area contributed by atoms with Gasteiger partial charge in [0, 0.05) is 15.3 Å². The molecule has 2 aromatic heterocycles. The third kappa shape index (κ3) is 3.20. The Labute approximate surface area is 135 Å². The van der Waals surface area contributed by atoms with Crippen LogP contribution in [0.1, 0.15) is 15.2 Å². The van der Waals surface area contributed by atoms with Crippen LogP contribution in [0.5, 0.6) is 0 Å². The van der Waals surface area contributed by atoms with Gasteiger partial charge in [-0.3, -0.25) is 10.1 Å². The van der Waals surface area contributed by atoms with E-state index in [2.05, 4.69) is 15.5 Å². The Kier molecular flexibility index (Phi) is 4.26. The number of thioether (sulfide) groups is 1. The molecule has 0 fully saturated rings. The molecule has 0 unspecified atom stereocenters. The molecule has 0 aliphatic carbocycles. The van der Waals surface area contributed by atoms with E-state index in [9.17, 15) is 4.79 Å². The smallest absolute Gasteiger partial charge is 0.322 e. The van der Waals surface area contributed by atoms with E-state index in [1.807, 2.05) is 37.4 Å². The van der Waals surface area contributed by atoms with Gasteiger partial charge in [0.25, 0.3) is 11.8 Å². The van der Waals surface area contributed by atoms with Gasteiger partial charge in [-0.25, -0.2) is 0 Å². The highest BCUT2D eigenvalue weighted by atomic mass is 32.2. The molecule has 0 spiro atoms. The quantitative estimate of drug-likeness (QED) is 0.730. The lowest BCUT2D eigenvalue weighted by atomic mass is 10.2. The predicted octanol–water partition coefficient (Wildman–Crippen LogP) is 4.08. The molecule has 0 saturated carbocycles. The van der Waals surface area contributed by atoms with E-state index < -0.39 is 0 Å². The number of nitrogens with one attached hydrogen (secondary N) is 1. The van der Waals surface area contributed by atoms with E-state index in [4.69, 9.17) is 4.42 Å². The Bertz CT molecular complexity index is 793. The molecule has 1 aromatic carbocycles. The number of aryl methyl sites for hydroxylation is 1. The molecular weight excluding hydrogens is 318 g/mol. The number of anilines is 1. The number of aromatic nitrogens is 2. The average molecular weight is 331 g/mol. The summed E-state index contributed by atoms with van der Waals surface area (Å²) >= 11 is 3.19. The Morgan fingerprint density at radius 1 is 1.18 bits per heavy atom. The van der Waals surface area contributed by atoms with Gasteiger partial charge in [0.15, 0.2) is 0 Å². The molecule has 1 N–H and O–H groups in total. The van der Waals surface area contributed by atoms with Gasteiger partial charge in [0.2, 0.25) is 0 Å². The Hall–Kier alpha value is -2.12. The first kappa shape index (κ1) is 14.8. The van der Waals surface area contributed by atoms with Crippen LogP contribution < -0.4 is 5.32 Å². The van der Waals surface area contributed by atoms with Crippen molar-refractivity contribution in [3.63, 3.8) is 0 Å². The normalized spacial score (nSPS) is 10.6. The Morgan fingerprint density at radius 3 is 2.59 bits per heavy atom. The summed E-state index contributed by atoms with van der Waals surface area (Å²) < 4.78 is 5.47. The van der Waals surface area contributed by atoms with Crippen LogP contribution in [-0.2, 0) is 0 Å². The molecule has 3 rings (SSSR count). The molecule has 3 aromatic rings. The third-order valence-corrected chi connectivity index (χ3v) is 4.68. The van der Waals surface area contributed by atoms with Crippen LogP contribution in [0, 0.1) is 6.92 Å². The molecule has 0 atom stereocenters. The van der Waals surface area contributed by atoms with Gasteiger partial charge < -0.3 is 4.42 Å². The second kappa shape index (κ2) is 6.33. The fourth-order valence-electron chi connectivity index (χ4n) is 1.83. The highest BCUT2D eigenvalue weighted by Crippen LogP contribution is 2.27. The second-order valence-electron chi connectivity index (χ2n) is 4.51. The SMILES string of the molecule is CSc1ccc(C(=O)Nc2nnc(-c3ccc(C)s3)o2)cc1. The summed E-state index contributed by atoms with van der Waals surface area (Å²) in [7, 11) is 0. The molecule has 7 heteroatoms. The fraction of sp³-hybridized carbons (Fsp3) is 0.133. The lowest BCUT2D eigenvalue weighted by molar-refractivity contribution is 0.102. The second-order valence-corrected chi connectivity index (χ2v) is 6.67. The van der Waals surface area contributed by atoms with Crippen LogP contribution in [0.25, 0.3) is 10.8 Å². The summed E-state index contributed by atoms with van der Waals surface area (Å²) in [5, 5.41) is 10.4. The fourth-order valence-corrected chi connectivity index (χ4v) is 3.03. The lowest BCUT2D eigenvalue weighted by Crippen LogP contribution is -2.11. The molecule has 1 amide bonds. The Balaban J connectivity index is 1.72. The van der Waals surface area contributed by atoms with Crippen molar-refractivity contribution in [1.82, 2.24) is 10.2 Å². The molecule has 2 heterocycles. The molecule has 0 bridgehead atoms. The minimum absolute atomic E-state index is 0.0972. The summed E-state index contributed by atoms with van der Waals surface area (Å²) in [5.41, 5.74) is 0.546. The number of nitrogens with zero attached hydrogens (tertiary/aromatic N) is 2. The summed E-state index contributed by atoms with van der Waals surface area (Å²) in [6, 6.07) is 11.3. The largest absolute Gasteiger partial charge is 0.402 e. The van der Waals surface area contributed by atoms with Crippen molar-refractivity contribution in [2.24, 2.45) is 0 Å². The third-order valence-electron chi connectivity index (χ3n) is 2.95. The summed E-state index contributed by atoms with van der Waals surface area (Å²) in [4.78, 5) is 15.3. The predicted molar refractivity (Wildman–Crippen MR) is 88.5 cm³/mol. The van der Waals surface area contributed by atoms with E-state index in [0.29, 0.717) is 11.5 Å². The van der Waals surface area contributed by atoms with Gasteiger partial charge in [-0.1, -0.05) is 5.10 Å². The molecule has 5 nitrogen and oxygen atoms in total. The maximum absolute atomic E-state index is 12.1. The number of carbonyl (C=O) groups is 1. The minimum atomic E-state index is -0.273. The number of rotatable bonds is 4. The highest BCUT2D eigenvalue weighted by molar-refractivity contribution is 7.98. The zero-order valence-electron chi connectivity index (χ0n) is 12.0. The average Bonchev–Trinajstić information content (AvgIpc) is 3.16. The van der Waals surface area contributed by atoms with Crippen LogP contribution in [0.3, 0.4) is 0 Å². The monoisotopic (exact) mass is 331 g/mol. The van der Waals surface area contributed by atoms with Crippen molar-refractivity contribution in [1.29, 1.82) is 0 Å². The summed E-state index contributed by atoms with van der Waals surface area (Å²) in [5.74, 6) is 0.136. The standard InChI is InChI=1S/C15H13N3O2S2/c1-9-3-8-12(22-9)14-17-18-15(20-14)16-13(19)10-4-6-11(21-2)7-5-10/h3-8H,1-2H3,(H,16,18,19). The van der Waals surface area contributed by atoms with Crippen molar-refractivity contribution < 1.29 is 9.21 Å². The van der Waals surface area contributed by atoms with Gasteiger partial charge in [-0.05, 0) is 49.6 Å². The number of amides is 1. The topological polar surface area (TPSA) is 68.0 Å². The van der Waals surface area contributed by atoms with Gasteiger partial charge in [-0.15, -0.1) is 28.2 Å². The van der Waals surface area contributed by atoms with Crippen LogP contribution in [-0.4, -0.2) is 22.4 Å². The van der Waals surface area contributed by atoms with Crippen LogP contribution in [0.2, 0.25) is 0 Å². The van der Waals surface area contributed by atoms with Crippen LogP contribution in [0.4, 0.5) is 6.01 Å². The van der Waals surface area contributed by atoms with Gasteiger partial charge in [0.1, 0.15) is 0 Å². The summed E-state index contributed by atoms with van der Waals surface area (Å²) in [6.45, 7) is 2.01. The van der Waals surface area contributed by atoms with E-state index in [1.54, 1.807) is 35.2 Å².